The number of benzene rings is 1. The molecule has 0 aliphatic heterocycles. The van der Waals surface area contributed by atoms with E-state index in [9.17, 15) is 19.8 Å². The van der Waals surface area contributed by atoms with Gasteiger partial charge < -0.3 is 14.9 Å². The Bertz CT molecular complexity index is 569. The molecule has 0 saturated heterocycles. The molecule has 0 saturated carbocycles. The largest absolute Gasteiger partial charge is 0.507 e. The Kier molecular flexibility index (Phi) is 2.38. The number of ketones is 2. The van der Waals surface area contributed by atoms with Crippen molar-refractivity contribution in [1.29, 1.82) is 0 Å². The van der Waals surface area contributed by atoms with Gasteiger partial charge in [-0.05, 0) is 18.6 Å². The number of allylic oxidation sites excluding steroid dienone is 2. The van der Waals surface area contributed by atoms with Crippen molar-refractivity contribution < 1.29 is 24.5 Å². The summed E-state index contributed by atoms with van der Waals surface area (Å²) >= 11 is 0. The average molecular weight is 234 g/mol. The number of Topliss-reactive ketones (excluding diaryl/α,β-unsaturated/α-hetero) is 1. The molecule has 0 aromatic heterocycles. The van der Waals surface area contributed by atoms with E-state index >= 15 is 0 Å². The van der Waals surface area contributed by atoms with Gasteiger partial charge >= 0.3 is 0 Å². The van der Waals surface area contributed by atoms with E-state index in [0.29, 0.717) is 5.56 Å². The number of rotatable bonds is 1. The van der Waals surface area contributed by atoms with E-state index in [0.717, 1.165) is 6.08 Å². The highest BCUT2D eigenvalue weighted by Crippen LogP contribution is 2.37. The molecule has 5 heteroatoms. The number of carbonyl (C=O) groups excluding carboxylic acids is 2. The highest BCUT2D eigenvalue weighted by Gasteiger charge is 2.32. The standard InChI is InChI=1S/C12H10O5/c1-5-3-6(13)9-7(14)4-8(17-2)12(16)10(9)11(5)15/h3-4,13,15H,1-2H3. The molecule has 1 aromatic rings. The first-order valence-corrected chi connectivity index (χ1v) is 4.87. The van der Waals surface area contributed by atoms with E-state index in [1.54, 1.807) is 0 Å². The predicted octanol–water partition coefficient (Wildman–Crippen LogP) is 1.32. The van der Waals surface area contributed by atoms with Gasteiger partial charge in [-0.3, -0.25) is 9.59 Å². The summed E-state index contributed by atoms with van der Waals surface area (Å²) in [5, 5.41) is 19.5. The molecule has 88 valence electrons. The minimum atomic E-state index is -0.612. The summed E-state index contributed by atoms with van der Waals surface area (Å²) in [6.07, 6.45) is 0.999. The summed E-state index contributed by atoms with van der Waals surface area (Å²) in [6.45, 7) is 1.53. The van der Waals surface area contributed by atoms with Gasteiger partial charge in [0, 0.05) is 6.08 Å². The van der Waals surface area contributed by atoms with E-state index in [2.05, 4.69) is 0 Å². The molecular formula is C12H10O5. The highest BCUT2D eigenvalue weighted by molar-refractivity contribution is 6.26. The maximum atomic E-state index is 11.9. The molecule has 0 unspecified atom stereocenters. The average Bonchev–Trinajstić information content (AvgIpc) is 2.28. The zero-order chi connectivity index (χ0) is 12.7. The Morgan fingerprint density at radius 1 is 1.18 bits per heavy atom. The van der Waals surface area contributed by atoms with Crippen molar-refractivity contribution in [3.05, 3.63) is 34.6 Å². The molecule has 2 N–H and O–H groups in total. The molecule has 0 atom stereocenters. The number of methoxy groups -OCH3 is 1. The second-order valence-corrected chi connectivity index (χ2v) is 3.72. The molecule has 0 bridgehead atoms. The molecule has 5 nitrogen and oxygen atoms in total. The van der Waals surface area contributed by atoms with Gasteiger partial charge in [-0.25, -0.2) is 0 Å². The zero-order valence-corrected chi connectivity index (χ0v) is 9.27. The Labute approximate surface area is 97.0 Å². The number of aromatic hydroxyl groups is 2. The Morgan fingerprint density at radius 2 is 1.82 bits per heavy atom. The minimum Gasteiger partial charge on any atom is -0.507 e. The summed E-state index contributed by atoms with van der Waals surface area (Å²) in [4.78, 5) is 23.6. The van der Waals surface area contributed by atoms with Gasteiger partial charge in [0.15, 0.2) is 11.5 Å². The zero-order valence-electron chi connectivity index (χ0n) is 9.27. The predicted molar refractivity (Wildman–Crippen MR) is 58.3 cm³/mol. The summed E-state index contributed by atoms with van der Waals surface area (Å²) in [7, 11) is 1.26. The van der Waals surface area contributed by atoms with Crippen LogP contribution in [0.1, 0.15) is 26.3 Å². The van der Waals surface area contributed by atoms with Crippen molar-refractivity contribution in [1.82, 2.24) is 0 Å². The number of phenols is 2. The Morgan fingerprint density at radius 3 is 2.41 bits per heavy atom. The third kappa shape index (κ3) is 1.47. The monoisotopic (exact) mass is 234 g/mol. The van der Waals surface area contributed by atoms with Crippen LogP contribution in [0, 0.1) is 6.92 Å². The van der Waals surface area contributed by atoms with Crippen LogP contribution in [0.15, 0.2) is 17.9 Å². The second kappa shape index (κ2) is 3.62. The summed E-state index contributed by atoms with van der Waals surface area (Å²) in [6, 6.07) is 1.24. The van der Waals surface area contributed by atoms with E-state index in [1.807, 2.05) is 0 Å². The first-order valence-electron chi connectivity index (χ1n) is 4.87. The van der Waals surface area contributed by atoms with Crippen molar-refractivity contribution in [3.63, 3.8) is 0 Å². The lowest BCUT2D eigenvalue weighted by molar-refractivity contribution is 0.0912. The second-order valence-electron chi connectivity index (χ2n) is 3.72. The van der Waals surface area contributed by atoms with Crippen molar-refractivity contribution in [2.75, 3.05) is 7.11 Å². The molecule has 1 aliphatic carbocycles. The lowest BCUT2D eigenvalue weighted by Crippen LogP contribution is -2.18. The van der Waals surface area contributed by atoms with Crippen molar-refractivity contribution in [3.8, 4) is 11.5 Å². The SMILES string of the molecule is COC1=CC(=O)c2c(O)cc(C)c(O)c2C1=O. The number of ether oxygens (including phenoxy) is 1. The van der Waals surface area contributed by atoms with Crippen LogP contribution in [0.2, 0.25) is 0 Å². The van der Waals surface area contributed by atoms with Crippen molar-refractivity contribution in [2.24, 2.45) is 0 Å². The summed E-state index contributed by atoms with van der Waals surface area (Å²) < 4.78 is 4.76. The van der Waals surface area contributed by atoms with Crippen LogP contribution in [0.5, 0.6) is 11.5 Å². The van der Waals surface area contributed by atoms with Crippen LogP contribution < -0.4 is 0 Å². The number of aryl methyl sites for hydroxylation is 1. The summed E-state index contributed by atoms with van der Waals surface area (Å²) in [5.41, 5.74) is -0.0643. The van der Waals surface area contributed by atoms with E-state index < -0.39 is 11.6 Å². The molecule has 0 amide bonds. The van der Waals surface area contributed by atoms with Gasteiger partial charge in [-0.15, -0.1) is 0 Å². The first-order chi connectivity index (χ1) is 7.97. The maximum absolute atomic E-state index is 11.9. The van der Waals surface area contributed by atoms with E-state index in [1.165, 1.54) is 20.1 Å². The lowest BCUT2D eigenvalue weighted by Gasteiger charge is -2.17. The van der Waals surface area contributed by atoms with Gasteiger partial charge in [0.2, 0.25) is 5.78 Å². The third-order valence-electron chi connectivity index (χ3n) is 2.65. The van der Waals surface area contributed by atoms with E-state index in [-0.39, 0.29) is 28.4 Å². The topological polar surface area (TPSA) is 83.8 Å². The number of hydrogen-bond acceptors (Lipinski definition) is 5. The number of hydrogen-bond donors (Lipinski definition) is 2. The molecule has 0 fully saturated rings. The number of carbonyl (C=O) groups is 2. The van der Waals surface area contributed by atoms with Crippen LogP contribution >= 0.6 is 0 Å². The fraction of sp³-hybridized carbons (Fsp3) is 0.167. The highest BCUT2D eigenvalue weighted by atomic mass is 16.5. The van der Waals surface area contributed by atoms with Crippen LogP contribution in [0.3, 0.4) is 0 Å². The molecule has 1 aromatic carbocycles. The van der Waals surface area contributed by atoms with Gasteiger partial charge in [-0.1, -0.05) is 0 Å². The fourth-order valence-electron chi connectivity index (χ4n) is 1.79. The van der Waals surface area contributed by atoms with Crippen LogP contribution in [0.25, 0.3) is 0 Å². The van der Waals surface area contributed by atoms with Crippen molar-refractivity contribution >= 4 is 11.6 Å². The lowest BCUT2D eigenvalue weighted by atomic mass is 9.90. The molecule has 1 aliphatic rings. The van der Waals surface area contributed by atoms with Crippen LogP contribution in [0.4, 0.5) is 0 Å². The molecule has 0 spiro atoms. The van der Waals surface area contributed by atoms with E-state index in [4.69, 9.17) is 4.74 Å². The van der Waals surface area contributed by atoms with Crippen LogP contribution in [-0.4, -0.2) is 28.9 Å². The quantitative estimate of drug-likeness (QED) is 0.716. The van der Waals surface area contributed by atoms with Gasteiger partial charge in [-0.2, -0.15) is 0 Å². The van der Waals surface area contributed by atoms with Gasteiger partial charge in [0.1, 0.15) is 11.5 Å². The van der Waals surface area contributed by atoms with Gasteiger partial charge in [0.25, 0.3) is 0 Å². The normalized spacial score (nSPS) is 14.4. The Hall–Kier alpha value is -2.30. The Balaban J connectivity index is 2.80. The fourth-order valence-corrected chi connectivity index (χ4v) is 1.79. The third-order valence-corrected chi connectivity index (χ3v) is 2.65. The molecular weight excluding hydrogens is 224 g/mol. The smallest absolute Gasteiger partial charge is 0.232 e. The van der Waals surface area contributed by atoms with Gasteiger partial charge in [0.05, 0.1) is 18.2 Å². The number of phenolic OH excluding ortho intramolecular Hbond substituents is 2. The first kappa shape index (κ1) is 11.2. The van der Waals surface area contributed by atoms with Crippen LogP contribution in [-0.2, 0) is 4.74 Å². The van der Waals surface area contributed by atoms with Crippen molar-refractivity contribution in [2.45, 2.75) is 6.92 Å². The summed E-state index contributed by atoms with van der Waals surface area (Å²) in [5.74, 6) is -1.95. The molecule has 2 rings (SSSR count). The number of fused-ring (bicyclic) bond motifs is 1. The minimum absolute atomic E-state index is 0.150. The molecule has 0 radical (unpaired) electrons. The maximum Gasteiger partial charge on any atom is 0.232 e. The molecule has 0 heterocycles. The molecule has 17 heavy (non-hydrogen) atoms.